The molecule has 1 atom stereocenters. The summed E-state index contributed by atoms with van der Waals surface area (Å²) in [5.74, 6) is -1.08. The number of hydrogen-bond acceptors (Lipinski definition) is 3. The second-order valence-electron chi connectivity index (χ2n) is 5.33. The summed E-state index contributed by atoms with van der Waals surface area (Å²) in [4.78, 5) is 29.8. The standard InChI is InChI=1S/C13H20N4O3/c1-8-6-10(11(14-8)12(18)19)15-13(20)17-5-4-9(7-17)16(2)3/h6,9,14H,4-5,7H2,1-3H3,(H,15,20)(H,18,19). The summed E-state index contributed by atoms with van der Waals surface area (Å²) in [7, 11) is 3.98. The smallest absolute Gasteiger partial charge is 0.354 e. The highest BCUT2D eigenvalue weighted by Crippen LogP contribution is 2.19. The molecule has 3 N–H and O–H groups in total. The third-order valence-corrected chi connectivity index (χ3v) is 3.59. The molecule has 0 aromatic carbocycles. The summed E-state index contributed by atoms with van der Waals surface area (Å²) < 4.78 is 0. The van der Waals surface area contributed by atoms with Crippen LogP contribution in [-0.2, 0) is 0 Å². The molecule has 1 aliphatic rings. The molecule has 7 nitrogen and oxygen atoms in total. The van der Waals surface area contributed by atoms with Crippen molar-refractivity contribution < 1.29 is 14.7 Å². The number of carbonyl (C=O) groups excluding carboxylic acids is 1. The predicted octanol–water partition coefficient (Wildman–Crippen LogP) is 1.19. The van der Waals surface area contributed by atoms with E-state index in [0.717, 1.165) is 6.42 Å². The number of carboxylic acid groups (broad SMARTS) is 1. The number of amides is 2. The molecular weight excluding hydrogens is 260 g/mol. The lowest BCUT2D eigenvalue weighted by atomic mass is 10.2. The van der Waals surface area contributed by atoms with E-state index in [4.69, 9.17) is 5.11 Å². The monoisotopic (exact) mass is 280 g/mol. The van der Waals surface area contributed by atoms with Crippen molar-refractivity contribution in [2.24, 2.45) is 0 Å². The average Bonchev–Trinajstić information content (AvgIpc) is 2.95. The molecule has 0 bridgehead atoms. The molecule has 110 valence electrons. The van der Waals surface area contributed by atoms with E-state index in [9.17, 15) is 9.59 Å². The molecule has 1 unspecified atom stereocenters. The van der Waals surface area contributed by atoms with Gasteiger partial charge in [0.2, 0.25) is 0 Å². The van der Waals surface area contributed by atoms with Crippen LogP contribution in [-0.4, -0.2) is 65.1 Å². The summed E-state index contributed by atoms with van der Waals surface area (Å²) in [5.41, 5.74) is 1.03. The first kappa shape index (κ1) is 14.4. The van der Waals surface area contributed by atoms with Gasteiger partial charge < -0.3 is 25.2 Å². The maximum absolute atomic E-state index is 12.2. The molecule has 0 spiro atoms. The number of likely N-dealkylation sites (N-methyl/N-ethyl adjacent to an activating group) is 1. The summed E-state index contributed by atoms with van der Waals surface area (Å²) in [6.45, 7) is 3.09. The third-order valence-electron chi connectivity index (χ3n) is 3.59. The first-order valence-electron chi connectivity index (χ1n) is 6.53. The maximum atomic E-state index is 12.2. The first-order valence-corrected chi connectivity index (χ1v) is 6.53. The molecule has 7 heteroatoms. The van der Waals surface area contributed by atoms with E-state index in [-0.39, 0.29) is 11.7 Å². The second-order valence-corrected chi connectivity index (χ2v) is 5.33. The van der Waals surface area contributed by atoms with Crippen LogP contribution in [0.25, 0.3) is 0 Å². The Labute approximate surface area is 117 Å². The van der Waals surface area contributed by atoms with Crippen molar-refractivity contribution in [3.63, 3.8) is 0 Å². The lowest BCUT2D eigenvalue weighted by Gasteiger charge is -2.20. The molecule has 1 saturated heterocycles. The van der Waals surface area contributed by atoms with Crippen molar-refractivity contribution in [1.82, 2.24) is 14.8 Å². The molecule has 1 aromatic rings. The molecule has 20 heavy (non-hydrogen) atoms. The number of aromatic nitrogens is 1. The van der Waals surface area contributed by atoms with Crippen LogP contribution in [0.2, 0.25) is 0 Å². The molecule has 2 amide bonds. The topological polar surface area (TPSA) is 88.7 Å². The Morgan fingerprint density at radius 3 is 2.75 bits per heavy atom. The number of aryl methyl sites for hydroxylation is 1. The van der Waals surface area contributed by atoms with Gasteiger partial charge in [0.15, 0.2) is 0 Å². The SMILES string of the molecule is Cc1cc(NC(=O)N2CCC(N(C)C)C2)c(C(=O)O)[nH]1. The van der Waals surface area contributed by atoms with Gasteiger partial charge in [-0.1, -0.05) is 0 Å². The number of urea groups is 1. The Morgan fingerprint density at radius 1 is 1.50 bits per heavy atom. The number of carboxylic acids is 1. The molecule has 0 radical (unpaired) electrons. The number of aromatic amines is 1. The fraction of sp³-hybridized carbons (Fsp3) is 0.538. The van der Waals surface area contributed by atoms with Crippen molar-refractivity contribution in [1.29, 1.82) is 0 Å². The van der Waals surface area contributed by atoms with Crippen molar-refractivity contribution in [2.45, 2.75) is 19.4 Å². The van der Waals surface area contributed by atoms with Crippen LogP contribution in [0.3, 0.4) is 0 Å². The van der Waals surface area contributed by atoms with Gasteiger partial charge in [-0.15, -0.1) is 0 Å². The molecular formula is C13H20N4O3. The van der Waals surface area contributed by atoms with E-state index in [2.05, 4.69) is 15.2 Å². The Kier molecular flexibility index (Phi) is 3.99. The second kappa shape index (κ2) is 5.54. The summed E-state index contributed by atoms with van der Waals surface area (Å²) in [5, 5.41) is 11.7. The van der Waals surface area contributed by atoms with Gasteiger partial charge in [-0.05, 0) is 33.5 Å². The number of H-pyrrole nitrogens is 1. The van der Waals surface area contributed by atoms with E-state index >= 15 is 0 Å². The van der Waals surface area contributed by atoms with Gasteiger partial charge >= 0.3 is 12.0 Å². The Hall–Kier alpha value is -2.02. The molecule has 2 rings (SSSR count). The van der Waals surface area contributed by atoms with Crippen LogP contribution < -0.4 is 5.32 Å². The molecule has 1 aromatic heterocycles. The summed E-state index contributed by atoms with van der Waals surface area (Å²) in [6, 6.07) is 1.73. The quantitative estimate of drug-likeness (QED) is 0.776. The van der Waals surface area contributed by atoms with Gasteiger partial charge in [-0.25, -0.2) is 9.59 Å². The molecule has 2 heterocycles. The lowest BCUT2D eigenvalue weighted by Crippen LogP contribution is -2.37. The largest absolute Gasteiger partial charge is 0.477 e. The highest BCUT2D eigenvalue weighted by Gasteiger charge is 2.28. The zero-order chi connectivity index (χ0) is 14.9. The zero-order valence-electron chi connectivity index (χ0n) is 11.9. The van der Waals surface area contributed by atoms with Crippen LogP contribution in [0.1, 0.15) is 22.6 Å². The molecule has 1 fully saturated rings. The van der Waals surface area contributed by atoms with E-state index in [1.807, 2.05) is 14.1 Å². The van der Waals surface area contributed by atoms with Crippen molar-refractivity contribution in [2.75, 3.05) is 32.5 Å². The van der Waals surface area contributed by atoms with Crippen LogP contribution in [0.5, 0.6) is 0 Å². The van der Waals surface area contributed by atoms with Crippen LogP contribution in [0, 0.1) is 6.92 Å². The van der Waals surface area contributed by atoms with E-state index in [1.54, 1.807) is 17.9 Å². The average molecular weight is 280 g/mol. The minimum Gasteiger partial charge on any atom is -0.477 e. The van der Waals surface area contributed by atoms with Crippen molar-refractivity contribution in [3.05, 3.63) is 17.5 Å². The van der Waals surface area contributed by atoms with Gasteiger partial charge in [-0.2, -0.15) is 0 Å². The lowest BCUT2D eigenvalue weighted by molar-refractivity contribution is 0.0692. The van der Waals surface area contributed by atoms with Crippen LogP contribution in [0.15, 0.2) is 6.07 Å². The molecule has 0 aliphatic carbocycles. The van der Waals surface area contributed by atoms with E-state index in [1.165, 1.54) is 0 Å². The summed E-state index contributed by atoms with van der Waals surface area (Å²) >= 11 is 0. The molecule has 0 saturated carbocycles. The number of rotatable bonds is 3. The third kappa shape index (κ3) is 2.93. The Morgan fingerprint density at radius 2 is 2.20 bits per heavy atom. The number of anilines is 1. The highest BCUT2D eigenvalue weighted by molar-refractivity contribution is 5.99. The normalized spacial score (nSPS) is 18.6. The molecule has 1 aliphatic heterocycles. The maximum Gasteiger partial charge on any atom is 0.354 e. The minimum absolute atomic E-state index is 0.0132. The Bertz CT molecular complexity index is 524. The summed E-state index contributed by atoms with van der Waals surface area (Å²) in [6.07, 6.45) is 0.929. The van der Waals surface area contributed by atoms with Crippen LogP contribution >= 0.6 is 0 Å². The van der Waals surface area contributed by atoms with Crippen molar-refractivity contribution in [3.8, 4) is 0 Å². The predicted molar refractivity (Wildman–Crippen MR) is 75.2 cm³/mol. The van der Waals surface area contributed by atoms with E-state index < -0.39 is 5.97 Å². The van der Waals surface area contributed by atoms with Gasteiger partial charge in [0.05, 0.1) is 5.69 Å². The van der Waals surface area contributed by atoms with E-state index in [0.29, 0.717) is 30.5 Å². The number of hydrogen-bond donors (Lipinski definition) is 3. The zero-order valence-corrected chi connectivity index (χ0v) is 11.9. The minimum atomic E-state index is -1.08. The number of aromatic carboxylic acids is 1. The van der Waals surface area contributed by atoms with Gasteiger partial charge in [-0.3, -0.25) is 0 Å². The Balaban J connectivity index is 2.04. The highest BCUT2D eigenvalue weighted by atomic mass is 16.4. The fourth-order valence-corrected chi connectivity index (χ4v) is 2.40. The fourth-order valence-electron chi connectivity index (χ4n) is 2.40. The van der Waals surface area contributed by atoms with Gasteiger partial charge in [0.25, 0.3) is 0 Å². The number of carbonyl (C=O) groups is 2. The number of nitrogens with zero attached hydrogens (tertiary/aromatic N) is 2. The number of likely N-dealkylation sites (tertiary alicyclic amines) is 1. The number of nitrogens with one attached hydrogen (secondary N) is 2. The van der Waals surface area contributed by atoms with Crippen LogP contribution in [0.4, 0.5) is 10.5 Å². The van der Waals surface area contributed by atoms with Crippen molar-refractivity contribution >= 4 is 17.7 Å². The van der Waals surface area contributed by atoms with Gasteiger partial charge in [0.1, 0.15) is 5.69 Å². The first-order chi connectivity index (χ1) is 9.38. The van der Waals surface area contributed by atoms with Gasteiger partial charge in [0, 0.05) is 24.8 Å².